The molecule has 0 radical (unpaired) electrons. The highest BCUT2D eigenvalue weighted by atomic mass is 79.9. The molecule has 0 saturated heterocycles. The third-order valence-corrected chi connectivity index (χ3v) is 3.83. The van der Waals surface area contributed by atoms with Crippen LogP contribution in [0.5, 0.6) is 0 Å². The van der Waals surface area contributed by atoms with Crippen molar-refractivity contribution in [3.63, 3.8) is 0 Å². The number of pyridine rings is 1. The van der Waals surface area contributed by atoms with Gasteiger partial charge in [-0.3, -0.25) is 4.98 Å². The van der Waals surface area contributed by atoms with E-state index >= 15 is 0 Å². The quantitative estimate of drug-likeness (QED) is 0.934. The van der Waals surface area contributed by atoms with Gasteiger partial charge >= 0.3 is 0 Å². The summed E-state index contributed by atoms with van der Waals surface area (Å²) in [6, 6.07) is 8.36. The molecule has 0 saturated carbocycles. The minimum atomic E-state index is 0.815. The Kier molecular flexibility index (Phi) is 4.09. The van der Waals surface area contributed by atoms with Crippen molar-refractivity contribution in [3.8, 4) is 0 Å². The molecule has 4 heteroatoms. The average molecular weight is 297 g/mol. The van der Waals surface area contributed by atoms with E-state index in [9.17, 15) is 0 Å². The molecule has 1 N–H and O–H groups in total. The molecule has 0 unspecified atom stereocenters. The van der Waals surface area contributed by atoms with Gasteiger partial charge in [0.2, 0.25) is 0 Å². The number of hydrogen-bond donors (Lipinski definition) is 1. The molecule has 0 amide bonds. The van der Waals surface area contributed by atoms with Crippen LogP contribution in [-0.4, -0.2) is 4.98 Å². The molecule has 0 aliphatic rings. The molecule has 2 aromatic rings. The predicted octanol–water partition coefficient (Wildman–Crippen LogP) is 3.50. The number of thiophene rings is 1. The number of nitrogens with one attached hydrogen (secondary N) is 1. The number of rotatable bonds is 4. The second kappa shape index (κ2) is 5.57. The molecule has 0 atom stereocenters. The van der Waals surface area contributed by atoms with Gasteiger partial charge in [0.1, 0.15) is 0 Å². The van der Waals surface area contributed by atoms with Gasteiger partial charge < -0.3 is 5.32 Å². The van der Waals surface area contributed by atoms with Crippen molar-refractivity contribution in [2.75, 3.05) is 0 Å². The Labute approximate surface area is 108 Å². The van der Waals surface area contributed by atoms with Crippen LogP contribution in [0.25, 0.3) is 0 Å². The summed E-state index contributed by atoms with van der Waals surface area (Å²) < 4.78 is 1.18. The molecule has 2 aromatic heterocycles. The zero-order chi connectivity index (χ0) is 11.4. The van der Waals surface area contributed by atoms with Crippen molar-refractivity contribution in [2.24, 2.45) is 0 Å². The summed E-state index contributed by atoms with van der Waals surface area (Å²) >= 11 is 5.21. The number of hydrogen-bond acceptors (Lipinski definition) is 3. The summed E-state index contributed by atoms with van der Waals surface area (Å²) in [5.74, 6) is 0. The Morgan fingerprint density at radius 3 is 2.75 bits per heavy atom. The van der Waals surface area contributed by atoms with E-state index in [4.69, 9.17) is 0 Å². The minimum Gasteiger partial charge on any atom is -0.306 e. The van der Waals surface area contributed by atoms with Gasteiger partial charge in [0.25, 0.3) is 0 Å². The highest BCUT2D eigenvalue weighted by Gasteiger charge is 1.98. The van der Waals surface area contributed by atoms with Crippen LogP contribution < -0.4 is 5.32 Å². The highest BCUT2D eigenvalue weighted by molar-refractivity contribution is 9.11. The van der Waals surface area contributed by atoms with E-state index in [0.29, 0.717) is 0 Å². The van der Waals surface area contributed by atoms with E-state index in [1.807, 2.05) is 13.1 Å². The van der Waals surface area contributed by atoms with Gasteiger partial charge in [-0.15, -0.1) is 11.3 Å². The fourth-order valence-electron chi connectivity index (χ4n) is 1.36. The van der Waals surface area contributed by atoms with Crippen molar-refractivity contribution in [3.05, 3.63) is 50.4 Å². The first kappa shape index (κ1) is 11.8. The van der Waals surface area contributed by atoms with Crippen molar-refractivity contribution in [1.29, 1.82) is 0 Å². The van der Waals surface area contributed by atoms with Gasteiger partial charge in [-0.25, -0.2) is 0 Å². The topological polar surface area (TPSA) is 24.9 Å². The molecule has 0 bridgehead atoms. The predicted molar refractivity (Wildman–Crippen MR) is 71.5 cm³/mol. The monoisotopic (exact) mass is 296 g/mol. The molecule has 0 aliphatic heterocycles. The van der Waals surface area contributed by atoms with E-state index in [1.165, 1.54) is 14.2 Å². The van der Waals surface area contributed by atoms with E-state index in [0.717, 1.165) is 18.8 Å². The second-order valence-electron chi connectivity index (χ2n) is 3.64. The van der Waals surface area contributed by atoms with Gasteiger partial charge in [0.15, 0.2) is 0 Å². The molecule has 2 nitrogen and oxygen atoms in total. The fourth-order valence-corrected chi connectivity index (χ4v) is 2.82. The lowest BCUT2D eigenvalue weighted by atomic mass is 10.3. The third kappa shape index (κ3) is 3.40. The first-order valence-corrected chi connectivity index (χ1v) is 6.71. The van der Waals surface area contributed by atoms with Crippen molar-refractivity contribution < 1.29 is 0 Å². The molecule has 2 heterocycles. The summed E-state index contributed by atoms with van der Waals surface area (Å²) in [4.78, 5) is 5.68. The first-order valence-electron chi connectivity index (χ1n) is 5.10. The lowest BCUT2D eigenvalue weighted by Gasteiger charge is -2.02. The van der Waals surface area contributed by atoms with Crippen LogP contribution in [0.4, 0.5) is 0 Å². The van der Waals surface area contributed by atoms with E-state index in [1.54, 1.807) is 11.3 Å². The Morgan fingerprint density at radius 1 is 1.25 bits per heavy atom. The van der Waals surface area contributed by atoms with Gasteiger partial charge in [0.05, 0.1) is 9.48 Å². The van der Waals surface area contributed by atoms with Crippen LogP contribution in [0.3, 0.4) is 0 Å². The number of aromatic nitrogens is 1. The summed E-state index contributed by atoms with van der Waals surface area (Å²) in [5, 5.41) is 3.38. The maximum absolute atomic E-state index is 4.35. The van der Waals surface area contributed by atoms with Gasteiger partial charge in [-0.2, -0.15) is 0 Å². The molecule has 84 valence electrons. The fraction of sp³-hybridized carbons (Fsp3) is 0.250. The van der Waals surface area contributed by atoms with Gasteiger partial charge in [-0.1, -0.05) is 6.07 Å². The average Bonchev–Trinajstić information content (AvgIpc) is 2.67. The smallest absolute Gasteiger partial charge is 0.0701 e. The standard InChI is InChI=1S/C12H13BrN2S/c1-9-2-3-10(15-6-9)7-14-8-11-4-5-12(13)16-11/h2-6,14H,7-8H2,1H3. The molecule has 16 heavy (non-hydrogen) atoms. The normalized spacial score (nSPS) is 10.6. The maximum Gasteiger partial charge on any atom is 0.0701 e. The number of nitrogens with zero attached hydrogens (tertiary/aromatic N) is 1. The molecular weight excluding hydrogens is 284 g/mol. The highest BCUT2D eigenvalue weighted by Crippen LogP contribution is 2.21. The summed E-state index contributed by atoms with van der Waals surface area (Å²) in [5.41, 5.74) is 2.28. The van der Waals surface area contributed by atoms with Crippen LogP contribution in [0, 0.1) is 6.92 Å². The Bertz CT molecular complexity index is 450. The summed E-state index contributed by atoms with van der Waals surface area (Å²) in [6.07, 6.45) is 1.90. The lowest BCUT2D eigenvalue weighted by molar-refractivity contribution is 0.686. The Balaban J connectivity index is 1.82. The van der Waals surface area contributed by atoms with Crippen LogP contribution in [0.1, 0.15) is 16.1 Å². The Hall–Kier alpha value is -0.710. The van der Waals surface area contributed by atoms with E-state index in [-0.39, 0.29) is 0 Å². The summed E-state index contributed by atoms with van der Waals surface area (Å²) in [6.45, 7) is 3.76. The van der Waals surface area contributed by atoms with Crippen LogP contribution in [0.15, 0.2) is 34.2 Å². The molecule has 0 fully saturated rings. The Morgan fingerprint density at radius 2 is 2.12 bits per heavy atom. The van der Waals surface area contributed by atoms with Crippen molar-refractivity contribution >= 4 is 27.3 Å². The minimum absolute atomic E-state index is 0.815. The van der Waals surface area contributed by atoms with E-state index in [2.05, 4.69) is 50.5 Å². The van der Waals surface area contributed by atoms with Crippen LogP contribution >= 0.6 is 27.3 Å². The van der Waals surface area contributed by atoms with Crippen LogP contribution in [0.2, 0.25) is 0 Å². The third-order valence-electron chi connectivity index (χ3n) is 2.21. The molecular formula is C12H13BrN2S. The van der Waals surface area contributed by atoms with Crippen molar-refractivity contribution in [2.45, 2.75) is 20.0 Å². The SMILES string of the molecule is Cc1ccc(CNCc2ccc(Br)s2)nc1. The van der Waals surface area contributed by atoms with Gasteiger partial charge in [-0.05, 0) is 46.6 Å². The molecule has 0 spiro atoms. The number of halogens is 1. The second-order valence-corrected chi connectivity index (χ2v) is 6.18. The van der Waals surface area contributed by atoms with Gasteiger partial charge in [0, 0.05) is 24.2 Å². The number of aryl methyl sites for hydroxylation is 1. The van der Waals surface area contributed by atoms with Crippen molar-refractivity contribution in [1.82, 2.24) is 10.3 Å². The first-order chi connectivity index (χ1) is 7.74. The lowest BCUT2D eigenvalue weighted by Crippen LogP contribution is -2.12. The largest absolute Gasteiger partial charge is 0.306 e. The zero-order valence-electron chi connectivity index (χ0n) is 9.03. The molecule has 2 rings (SSSR count). The maximum atomic E-state index is 4.35. The molecule has 0 aliphatic carbocycles. The summed E-state index contributed by atoms with van der Waals surface area (Å²) in [7, 11) is 0. The van der Waals surface area contributed by atoms with Crippen LogP contribution in [-0.2, 0) is 13.1 Å². The molecule has 0 aromatic carbocycles. The zero-order valence-corrected chi connectivity index (χ0v) is 11.4. The van der Waals surface area contributed by atoms with E-state index < -0.39 is 0 Å².